The molecule has 2 aromatic rings. The van der Waals surface area contributed by atoms with Gasteiger partial charge in [-0.15, -0.1) is 0 Å². The normalized spacial score (nSPS) is 10.6. The molecule has 4 nitrogen and oxygen atoms in total. The van der Waals surface area contributed by atoms with Gasteiger partial charge >= 0.3 is 5.97 Å². The fraction of sp³-hybridized carbons (Fsp3) is 0.111. The lowest BCUT2D eigenvalue weighted by Crippen LogP contribution is -2.28. The van der Waals surface area contributed by atoms with Gasteiger partial charge in [0.2, 0.25) is 0 Å². The van der Waals surface area contributed by atoms with Gasteiger partial charge in [0.05, 0.1) is 0 Å². The Bertz CT molecular complexity index is 742. The minimum Gasteiger partial charge on any atom is -0.452 e. The van der Waals surface area contributed by atoms with E-state index < -0.39 is 24.3 Å². The molecule has 0 aliphatic carbocycles. The van der Waals surface area contributed by atoms with Gasteiger partial charge < -0.3 is 10.1 Å². The average Bonchev–Trinajstić information content (AvgIpc) is 2.57. The van der Waals surface area contributed by atoms with E-state index in [1.807, 2.05) is 0 Å². The van der Waals surface area contributed by atoms with Gasteiger partial charge in [0, 0.05) is 12.6 Å². The number of ether oxygens (including phenoxy) is 1. The maximum absolute atomic E-state index is 13.0. The number of nitrogens with one attached hydrogen (secondary N) is 1. The third kappa shape index (κ3) is 6.00. The van der Waals surface area contributed by atoms with E-state index in [4.69, 9.17) is 4.74 Å². The van der Waals surface area contributed by atoms with Crippen molar-refractivity contribution in [1.29, 1.82) is 0 Å². The molecule has 0 unspecified atom stereocenters. The largest absolute Gasteiger partial charge is 0.452 e. The molecule has 0 heterocycles. The Hall–Kier alpha value is -3.02. The molecule has 124 valence electrons. The summed E-state index contributed by atoms with van der Waals surface area (Å²) in [5, 5.41) is 2.54. The van der Waals surface area contributed by atoms with E-state index in [0.717, 1.165) is 11.6 Å². The average molecular weight is 331 g/mol. The monoisotopic (exact) mass is 331 g/mol. The van der Waals surface area contributed by atoms with Gasteiger partial charge in [-0.3, -0.25) is 4.79 Å². The topological polar surface area (TPSA) is 55.4 Å². The highest BCUT2D eigenvalue weighted by atomic mass is 19.1. The molecule has 1 amide bonds. The van der Waals surface area contributed by atoms with E-state index in [1.54, 1.807) is 18.2 Å². The Balaban J connectivity index is 1.72. The molecule has 6 heteroatoms. The molecule has 0 saturated heterocycles. The van der Waals surface area contributed by atoms with Gasteiger partial charge in [0.1, 0.15) is 11.6 Å². The predicted octanol–water partition coefficient (Wildman–Crippen LogP) is 2.84. The zero-order chi connectivity index (χ0) is 17.4. The molecule has 24 heavy (non-hydrogen) atoms. The van der Waals surface area contributed by atoms with Crippen LogP contribution in [-0.2, 0) is 20.9 Å². The quantitative estimate of drug-likeness (QED) is 0.654. The number of hydrogen-bond acceptors (Lipinski definition) is 3. The van der Waals surface area contributed by atoms with Crippen LogP contribution in [0.25, 0.3) is 6.08 Å². The van der Waals surface area contributed by atoms with Crippen LogP contribution in [-0.4, -0.2) is 18.5 Å². The molecule has 0 fully saturated rings. The van der Waals surface area contributed by atoms with Gasteiger partial charge in [-0.2, -0.15) is 0 Å². The molecule has 0 saturated carbocycles. The smallest absolute Gasteiger partial charge is 0.331 e. The standard InChI is InChI=1S/C18H15F2NO3/c19-15-7-4-14(5-8-15)11-21-17(22)12-24-18(23)9-6-13-2-1-3-16(20)10-13/h1-10H,11-12H2,(H,21,22)/b9-6+. The van der Waals surface area contributed by atoms with Crippen LogP contribution in [0.15, 0.2) is 54.6 Å². The zero-order valence-corrected chi connectivity index (χ0v) is 12.7. The highest BCUT2D eigenvalue weighted by Crippen LogP contribution is 2.05. The summed E-state index contributed by atoms with van der Waals surface area (Å²) in [6.45, 7) is -0.233. The molecular weight excluding hydrogens is 316 g/mol. The van der Waals surface area contributed by atoms with Crippen LogP contribution in [0, 0.1) is 11.6 Å². The van der Waals surface area contributed by atoms with Crippen LogP contribution in [0.1, 0.15) is 11.1 Å². The number of halogens is 2. The van der Waals surface area contributed by atoms with Gasteiger partial charge in [-0.05, 0) is 41.5 Å². The fourth-order valence-corrected chi connectivity index (χ4v) is 1.81. The Morgan fingerprint density at radius 1 is 1.04 bits per heavy atom. The number of carbonyl (C=O) groups is 2. The van der Waals surface area contributed by atoms with Crippen molar-refractivity contribution < 1.29 is 23.1 Å². The first kappa shape index (κ1) is 17.3. The molecule has 0 atom stereocenters. The first-order valence-corrected chi connectivity index (χ1v) is 7.14. The second-order valence-corrected chi connectivity index (χ2v) is 4.90. The summed E-state index contributed by atoms with van der Waals surface area (Å²) >= 11 is 0. The van der Waals surface area contributed by atoms with Crippen molar-refractivity contribution in [3.63, 3.8) is 0 Å². The molecule has 0 aliphatic rings. The summed E-state index contributed by atoms with van der Waals surface area (Å²) in [6, 6.07) is 11.4. The second-order valence-electron chi connectivity index (χ2n) is 4.90. The van der Waals surface area contributed by atoms with E-state index in [9.17, 15) is 18.4 Å². The van der Waals surface area contributed by atoms with Crippen molar-refractivity contribution in [3.05, 3.63) is 77.4 Å². The maximum Gasteiger partial charge on any atom is 0.331 e. The second kappa shape index (κ2) is 8.57. The minimum absolute atomic E-state index is 0.204. The first-order chi connectivity index (χ1) is 11.5. The highest BCUT2D eigenvalue weighted by Gasteiger charge is 2.05. The summed E-state index contributed by atoms with van der Waals surface area (Å²) in [7, 11) is 0. The Kier molecular flexibility index (Phi) is 6.19. The molecular formula is C18H15F2NO3. The van der Waals surface area contributed by atoms with E-state index in [0.29, 0.717) is 5.56 Å². The molecule has 0 bridgehead atoms. The van der Waals surface area contributed by atoms with Gasteiger partial charge in [0.25, 0.3) is 5.91 Å². The number of rotatable bonds is 6. The van der Waals surface area contributed by atoms with Gasteiger partial charge in [-0.25, -0.2) is 13.6 Å². The number of hydrogen-bond donors (Lipinski definition) is 1. The van der Waals surface area contributed by atoms with E-state index in [-0.39, 0.29) is 12.4 Å². The summed E-state index contributed by atoms with van der Waals surface area (Å²) in [5.41, 5.74) is 1.23. The SMILES string of the molecule is O=C(COC(=O)/C=C/c1cccc(F)c1)NCc1ccc(F)cc1. The predicted molar refractivity (Wildman–Crippen MR) is 84.6 cm³/mol. The third-order valence-electron chi connectivity index (χ3n) is 3.01. The van der Waals surface area contributed by atoms with Crippen molar-refractivity contribution in [2.45, 2.75) is 6.54 Å². The summed E-state index contributed by atoms with van der Waals surface area (Å²) in [5.74, 6) is -1.96. The molecule has 2 aromatic carbocycles. The molecule has 0 aliphatic heterocycles. The lowest BCUT2D eigenvalue weighted by atomic mass is 10.2. The zero-order valence-electron chi connectivity index (χ0n) is 12.7. The highest BCUT2D eigenvalue weighted by molar-refractivity contribution is 5.89. The summed E-state index contributed by atoms with van der Waals surface area (Å²) in [4.78, 5) is 23.1. The molecule has 2 rings (SSSR count). The van der Waals surface area contributed by atoms with Crippen LogP contribution < -0.4 is 5.32 Å². The maximum atomic E-state index is 13.0. The molecule has 1 N–H and O–H groups in total. The number of amides is 1. The third-order valence-corrected chi connectivity index (χ3v) is 3.01. The van der Waals surface area contributed by atoms with Crippen molar-refractivity contribution in [1.82, 2.24) is 5.32 Å². The number of benzene rings is 2. The van der Waals surface area contributed by atoms with Crippen molar-refractivity contribution in [2.24, 2.45) is 0 Å². The van der Waals surface area contributed by atoms with Crippen molar-refractivity contribution >= 4 is 18.0 Å². The molecule has 0 radical (unpaired) electrons. The lowest BCUT2D eigenvalue weighted by Gasteiger charge is -2.05. The fourth-order valence-electron chi connectivity index (χ4n) is 1.81. The molecule has 0 spiro atoms. The Morgan fingerprint density at radius 3 is 2.50 bits per heavy atom. The lowest BCUT2D eigenvalue weighted by molar-refractivity contribution is -0.143. The summed E-state index contributed by atoms with van der Waals surface area (Å²) in [6.07, 6.45) is 2.50. The van der Waals surface area contributed by atoms with E-state index >= 15 is 0 Å². The Labute approximate surface area is 137 Å². The van der Waals surface area contributed by atoms with Crippen LogP contribution >= 0.6 is 0 Å². The van der Waals surface area contributed by atoms with E-state index in [2.05, 4.69) is 5.32 Å². The van der Waals surface area contributed by atoms with Crippen molar-refractivity contribution in [2.75, 3.05) is 6.61 Å². The Morgan fingerprint density at radius 2 is 1.79 bits per heavy atom. The van der Waals surface area contributed by atoms with Gasteiger partial charge in [0.15, 0.2) is 6.61 Å². The van der Waals surface area contributed by atoms with Crippen LogP contribution in [0.5, 0.6) is 0 Å². The number of esters is 1. The number of carbonyl (C=O) groups excluding carboxylic acids is 2. The summed E-state index contributed by atoms with van der Waals surface area (Å²) < 4.78 is 30.5. The van der Waals surface area contributed by atoms with Crippen LogP contribution in [0.3, 0.4) is 0 Å². The first-order valence-electron chi connectivity index (χ1n) is 7.14. The van der Waals surface area contributed by atoms with E-state index in [1.165, 1.54) is 36.4 Å². The van der Waals surface area contributed by atoms with Crippen molar-refractivity contribution in [3.8, 4) is 0 Å². The van der Waals surface area contributed by atoms with Crippen LogP contribution in [0.4, 0.5) is 8.78 Å². The van der Waals surface area contributed by atoms with Crippen LogP contribution in [0.2, 0.25) is 0 Å². The van der Waals surface area contributed by atoms with Gasteiger partial charge in [-0.1, -0.05) is 24.3 Å². The minimum atomic E-state index is -0.712. The molecule has 0 aromatic heterocycles.